The van der Waals surface area contributed by atoms with Crippen molar-refractivity contribution in [2.75, 3.05) is 9.80 Å². The van der Waals surface area contributed by atoms with E-state index >= 15 is 0 Å². The van der Waals surface area contributed by atoms with Crippen LogP contribution in [0.25, 0.3) is 36.9 Å². The molecule has 9 aromatic rings. The molecule has 288 valence electrons. The van der Waals surface area contributed by atoms with Crippen molar-refractivity contribution in [3.8, 4) is 11.1 Å². The number of hydrogen-bond donors (Lipinski definition) is 0. The van der Waals surface area contributed by atoms with E-state index in [0.29, 0.717) is 5.92 Å². The third kappa shape index (κ3) is 6.43. The van der Waals surface area contributed by atoms with Gasteiger partial charge >= 0.3 is 0 Å². The summed E-state index contributed by atoms with van der Waals surface area (Å²) in [4.78, 5) is 4.79. The zero-order valence-electron chi connectivity index (χ0n) is 33.8. The van der Waals surface area contributed by atoms with Crippen LogP contribution in [-0.2, 0) is 6.42 Å². The number of rotatable bonds is 8. The molecule has 0 aliphatic heterocycles. The highest BCUT2D eigenvalue weighted by atomic mass is 32.1. The second kappa shape index (κ2) is 15.0. The monoisotopic (exact) mass is 788 g/mol. The number of allylic oxidation sites excluding steroid dienone is 4. The standard InChI is InChI=1S/C57H44N2S/c1-38-24-26-40(41-27-28-43-32-42-14-9-10-21-50(42)54(43)34-41)33-52(38)53-36-48(29-25-39(53)2)59(49-30-31-57-55(37-49)51-22-11-12-23-56(51)60-57)47-20-13-19-46(35-47)58(44-15-5-3-6-16-44)45-17-7-4-8-18-45/h3-31,33,35-37,41H,32,34H2,1-2H3. The molecule has 2 aliphatic carbocycles. The maximum atomic E-state index is 2.47. The first-order chi connectivity index (χ1) is 29.6. The number of hydrogen-bond acceptors (Lipinski definition) is 3. The maximum Gasteiger partial charge on any atom is 0.0482 e. The molecule has 1 aromatic heterocycles. The lowest BCUT2D eigenvalue weighted by molar-refractivity contribution is 0.862. The molecular formula is C57H44N2S. The highest BCUT2D eigenvalue weighted by Crippen LogP contribution is 2.47. The molecule has 1 atom stereocenters. The molecule has 60 heavy (non-hydrogen) atoms. The molecular weight excluding hydrogens is 745 g/mol. The van der Waals surface area contributed by atoms with E-state index in [1.165, 1.54) is 70.3 Å². The van der Waals surface area contributed by atoms with E-state index in [0.717, 1.165) is 47.0 Å². The van der Waals surface area contributed by atoms with Crippen LogP contribution in [0.3, 0.4) is 0 Å². The van der Waals surface area contributed by atoms with E-state index in [4.69, 9.17) is 0 Å². The first kappa shape index (κ1) is 36.2. The number of nitrogens with zero attached hydrogens (tertiary/aromatic N) is 2. The summed E-state index contributed by atoms with van der Waals surface area (Å²) in [6.07, 6.45) is 6.92. The van der Waals surface area contributed by atoms with Gasteiger partial charge in [0, 0.05) is 60.2 Å². The van der Waals surface area contributed by atoms with Crippen molar-refractivity contribution in [3.63, 3.8) is 0 Å². The summed E-state index contributed by atoms with van der Waals surface area (Å²) in [7, 11) is 0. The summed E-state index contributed by atoms with van der Waals surface area (Å²) >= 11 is 1.86. The van der Waals surface area contributed by atoms with Crippen LogP contribution in [-0.4, -0.2) is 0 Å². The predicted octanol–water partition coefficient (Wildman–Crippen LogP) is 16.3. The molecule has 0 N–H and O–H groups in total. The van der Waals surface area contributed by atoms with E-state index in [2.05, 4.69) is 224 Å². The Morgan fingerprint density at radius 3 is 1.82 bits per heavy atom. The van der Waals surface area contributed by atoms with Crippen LogP contribution in [0.1, 0.15) is 40.2 Å². The summed E-state index contributed by atoms with van der Waals surface area (Å²) in [6, 6.07) is 69.2. The van der Waals surface area contributed by atoms with Crippen LogP contribution in [0.4, 0.5) is 34.1 Å². The van der Waals surface area contributed by atoms with Gasteiger partial charge in [0.2, 0.25) is 0 Å². The minimum Gasteiger partial charge on any atom is -0.310 e. The largest absolute Gasteiger partial charge is 0.310 e. The summed E-state index contributed by atoms with van der Waals surface area (Å²) in [5.41, 5.74) is 19.0. The third-order valence-corrected chi connectivity index (χ3v) is 13.7. The van der Waals surface area contributed by atoms with E-state index in [-0.39, 0.29) is 0 Å². The van der Waals surface area contributed by atoms with Gasteiger partial charge in [-0.3, -0.25) is 0 Å². The normalized spacial score (nSPS) is 14.4. The first-order valence-electron chi connectivity index (χ1n) is 21.0. The van der Waals surface area contributed by atoms with Gasteiger partial charge in [0.1, 0.15) is 0 Å². The van der Waals surface area contributed by atoms with Crippen molar-refractivity contribution < 1.29 is 0 Å². The Kier molecular flexibility index (Phi) is 9.05. The smallest absolute Gasteiger partial charge is 0.0482 e. The van der Waals surface area contributed by atoms with Crippen LogP contribution < -0.4 is 9.80 Å². The molecule has 0 saturated carbocycles. The van der Waals surface area contributed by atoms with Crippen LogP contribution in [0.15, 0.2) is 206 Å². The Morgan fingerprint density at radius 2 is 1.03 bits per heavy atom. The van der Waals surface area contributed by atoms with Gasteiger partial charge in [-0.2, -0.15) is 0 Å². The molecule has 3 heteroatoms. The Bertz CT molecular complexity index is 3100. The van der Waals surface area contributed by atoms with Gasteiger partial charge in [0.05, 0.1) is 0 Å². The van der Waals surface area contributed by atoms with Crippen molar-refractivity contribution in [2.24, 2.45) is 0 Å². The maximum absolute atomic E-state index is 2.47. The lowest BCUT2D eigenvalue weighted by atomic mass is 9.83. The first-order valence-corrected chi connectivity index (χ1v) is 21.8. The van der Waals surface area contributed by atoms with Gasteiger partial charge in [0.25, 0.3) is 0 Å². The minimum absolute atomic E-state index is 0.335. The van der Waals surface area contributed by atoms with E-state index < -0.39 is 0 Å². The zero-order valence-corrected chi connectivity index (χ0v) is 34.7. The summed E-state index contributed by atoms with van der Waals surface area (Å²) < 4.78 is 2.61. The van der Waals surface area contributed by atoms with E-state index in [1.807, 2.05) is 11.3 Å². The van der Waals surface area contributed by atoms with Crippen molar-refractivity contribution in [3.05, 3.63) is 234 Å². The summed E-state index contributed by atoms with van der Waals surface area (Å²) in [6.45, 7) is 4.51. The highest BCUT2D eigenvalue weighted by Gasteiger charge is 2.26. The quantitative estimate of drug-likeness (QED) is 0.151. The molecule has 0 radical (unpaired) electrons. The lowest BCUT2D eigenvalue weighted by Crippen LogP contribution is -2.13. The second-order valence-corrected chi connectivity index (χ2v) is 17.3. The number of thiophene rings is 1. The van der Waals surface area contributed by atoms with Gasteiger partial charge in [-0.05, 0) is 156 Å². The molecule has 0 spiro atoms. The SMILES string of the molecule is Cc1ccc(C2C=CC3=C(C2)c2ccccc2C3)cc1-c1cc(N(c2cccc(N(c3ccccc3)c3ccccc3)c2)c2ccc3sc4ccccc4c3c2)ccc1C. The fourth-order valence-electron chi connectivity index (χ4n) is 9.48. The van der Waals surface area contributed by atoms with Gasteiger partial charge in [-0.1, -0.05) is 121 Å². The molecule has 0 amide bonds. The summed E-state index contributed by atoms with van der Waals surface area (Å²) in [5, 5.41) is 2.58. The molecule has 0 bridgehead atoms. The Balaban J connectivity index is 1.04. The molecule has 11 rings (SSSR count). The van der Waals surface area contributed by atoms with Gasteiger partial charge in [-0.25, -0.2) is 0 Å². The Morgan fingerprint density at radius 1 is 0.450 bits per heavy atom. The number of anilines is 6. The number of fused-ring (bicyclic) bond motifs is 5. The summed E-state index contributed by atoms with van der Waals surface area (Å²) in [5.74, 6) is 0.335. The molecule has 0 saturated heterocycles. The number of aryl methyl sites for hydroxylation is 2. The average molecular weight is 789 g/mol. The lowest BCUT2D eigenvalue weighted by Gasteiger charge is -2.30. The number of para-hydroxylation sites is 2. The van der Waals surface area contributed by atoms with Crippen molar-refractivity contribution in [1.29, 1.82) is 0 Å². The van der Waals surface area contributed by atoms with Gasteiger partial charge < -0.3 is 9.80 Å². The molecule has 1 heterocycles. The minimum atomic E-state index is 0.335. The topological polar surface area (TPSA) is 6.48 Å². The van der Waals surface area contributed by atoms with Crippen LogP contribution in [0, 0.1) is 13.8 Å². The highest BCUT2D eigenvalue weighted by molar-refractivity contribution is 7.25. The Labute approximate surface area is 356 Å². The molecule has 2 nitrogen and oxygen atoms in total. The third-order valence-electron chi connectivity index (χ3n) is 12.5. The molecule has 1 unspecified atom stereocenters. The van der Waals surface area contributed by atoms with Crippen molar-refractivity contribution in [2.45, 2.75) is 32.6 Å². The van der Waals surface area contributed by atoms with E-state index in [1.54, 1.807) is 0 Å². The fourth-order valence-corrected chi connectivity index (χ4v) is 10.6. The van der Waals surface area contributed by atoms with Gasteiger partial charge in [-0.15, -0.1) is 11.3 Å². The number of benzene rings is 8. The molecule has 2 aliphatic rings. The van der Waals surface area contributed by atoms with Crippen molar-refractivity contribution in [1.82, 2.24) is 0 Å². The molecule has 8 aromatic carbocycles. The Hall–Kier alpha value is -6.94. The van der Waals surface area contributed by atoms with Crippen molar-refractivity contribution >= 4 is 71.2 Å². The van der Waals surface area contributed by atoms with E-state index in [9.17, 15) is 0 Å². The molecule has 0 fully saturated rings. The second-order valence-electron chi connectivity index (χ2n) is 16.2. The van der Waals surface area contributed by atoms with Crippen LogP contribution in [0.2, 0.25) is 0 Å². The van der Waals surface area contributed by atoms with Crippen LogP contribution in [0.5, 0.6) is 0 Å². The zero-order chi connectivity index (χ0) is 40.2. The predicted molar refractivity (Wildman–Crippen MR) is 257 cm³/mol. The average Bonchev–Trinajstić information content (AvgIpc) is 3.86. The van der Waals surface area contributed by atoms with Gasteiger partial charge in [0.15, 0.2) is 0 Å². The van der Waals surface area contributed by atoms with Crippen LogP contribution >= 0.6 is 11.3 Å². The fraction of sp³-hybridized carbons (Fsp3) is 0.0877.